The van der Waals surface area contributed by atoms with Crippen LogP contribution in [0, 0.1) is 0 Å². The minimum absolute atomic E-state index is 0.0814. The monoisotopic (exact) mass is 284 g/mol. The number of likely N-dealkylation sites (N-methyl/N-ethyl adjacent to an activating group) is 1. The van der Waals surface area contributed by atoms with Gasteiger partial charge >= 0.3 is 12.0 Å². The van der Waals surface area contributed by atoms with Crippen LogP contribution in [0.1, 0.15) is 44.9 Å². The van der Waals surface area contributed by atoms with Crippen LogP contribution in [0.5, 0.6) is 0 Å². The van der Waals surface area contributed by atoms with Crippen molar-refractivity contribution in [3.05, 3.63) is 0 Å². The molecule has 0 aromatic carbocycles. The number of aliphatic carboxylic acids is 1. The molecule has 1 saturated carbocycles. The molecule has 0 bridgehead atoms. The molecule has 6 heteroatoms. The van der Waals surface area contributed by atoms with E-state index in [0.717, 1.165) is 38.7 Å². The zero-order chi connectivity index (χ0) is 14.6. The zero-order valence-electron chi connectivity index (χ0n) is 12.1. The van der Waals surface area contributed by atoms with E-state index in [-0.39, 0.29) is 12.1 Å². The average molecular weight is 284 g/mol. The Labute approximate surface area is 119 Å². The van der Waals surface area contributed by atoms with Crippen molar-refractivity contribution in [2.75, 3.05) is 20.2 Å². The number of nitrogens with zero attached hydrogens (tertiary/aromatic N) is 1. The van der Waals surface area contributed by atoms with Gasteiger partial charge in [0.05, 0.1) is 6.10 Å². The Bertz CT molecular complexity index is 360. The summed E-state index contributed by atoms with van der Waals surface area (Å²) in [7, 11) is 1.69. The van der Waals surface area contributed by atoms with Gasteiger partial charge < -0.3 is 20.1 Å². The molecule has 1 saturated heterocycles. The van der Waals surface area contributed by atoms with Crippen LogP contribution in [0.4, 0.5) is 4.79 Å². The van der Waals surface area contributed by atoms with Crippen molar-refractivity contribution in [1.29, 1.82) is 0 Å². The summed E-state index contributed by atoms with van der Waals surface area (Å²) in [6, 6.07) is -0.315. The zero-order valence-corrected chi connectivity index (χ0v) is 12.1. The van der Waals surface area contributed by atoms with Gasteiger partial charge in [0.25, 0.3) is 0 Å². The second kappa shape index (κ2) is 6.43. The SMILES string of the molecule is CN(CC1CCCO1)C(=O)NC1(C(=O)O)CCCCC1. The Kier molecular flexibility index (Phi) is 4.86. The summed E-state index contributed by atoms with van der Waals surface area (Å²) in [6.07, 6.45) is 5.84. The number of carboxylic acid groups (broad SMARTS) is 1. The van der Waals surface area contributed by atoms with Crippen LogP contribution in [0.2, 0.25) is 0 Å². The molecule has 2 aliphatic rings. The number of hydrogen-bond donors (Lipinski definition) is 2. The Morgan fingerprint density at radius 2 is 2.00 bits per heavy atom. The van der Waals surface area contributed by atoms with Crippen molar-refractivity contribution >= 4 is 12.0 Å². The summed E-state index contributed by atoms with van der Waals surface area (Å²) in [5, 5.41) is 12.2. The van der Waals surface area contributed by atoms with Gasteiger partial charge in [-0.25, -0.2) is 9.59 Å². The van der Waals surface area contributed by atoms with Gasteiger partial charge in [0.2, 0.25) is 0 Å². The van der Waals surface area contributed by atoms with E-state index in [9.17, 15) is 14.7 Å². The number of carbonyl (C=O) groups excluding carboxylic acids is 1. The quantitative estimate of drug-likeness (QED) is 0.821. The van der Waals surface area contributed by atoms with Crippen LogP contribution in [0.3, 0.4) is 0 Å². The van der Waals surface area contributed by atoms with Crippen LogP contribution in [0.15, 0.2) is 0 Å². The van der Waals surface area contributed by atoms with Gasteiger partial charge in [-0.2, -0.15) is 0 Å². The number of hydrogen-bond acceptors (Lipinski definition) is 3. The lowest BCUT2D eigenvalue weighted by Gasteiger charge is -2.35. The first-order chi connectivity index (χ1) is 9.53. The standard InChI is InChI=1S/C14H24N2O4/c1-16(10-11-6-5-9-20-11)13(19)15-14(12(17)18)7-3-2-4-8-14/h11H,2-10H2,1H3,(H,15,19)(H,17,18). The van der Waals surface area contributed by atoms with Crippen LogP contribution in [-0.4, -0.2) is 53.8 Å². The summed E-state index contributed by atoms with van der Waals surface area (Å²) in [6.45, 7) is 1.26. The molecule has 1 aliphatic carbocycles. The molecule has 20 heavy (non-hydrogen) atoms. The molecule has 114 valence electrons. The molecule has 1 aliphatic heterocycles. The third kappa shape index (κ3) is 3.42. The highest BCUT2D eigenvalue weighted by atomic mass is 16.5. The van der Waals surface area contributed by atoms with Crippen LogP contribution >= 0.6 is 0 Å². The Hall–Kier alpha value is -1.30. The normalized spacial score (nSPS) is 25.1. The van der Waals surface area contributed by atoms with Gasteiger partial charge in [-0.15, -0.1) is 0 Å². The Balaban J connectivity index is 1.91. The topological polar surface area (TPSA) is 78.9 Å². The number of nitrogens with one attached hydrogen (secondary N) is 1. The van der Waals surface area contributed by atoms with E-state index in [1.165, 1.54) is 4.90 Å². The van der Waals surface area contributed by atoms with Crippen molar-refractivity contribution in [3.63, 3.8) is 0 Å². The summed E-state index contributed by atoms with van der Waals surface area (Å²) >= 11 is 0. The molecule has 2 fully saturated rings. The van der Waals surface area contributed by atoms with Gasteiger partial charge in [-0.1, -0.05) is 19.3 Å². The van der Waals surface area contributed by atoms with E-state index in [1.54, 1.807) is 7.05 Å². The molecule has 2 rings (SSSR count). The van der Waals surface area contributed by atoms with E-state index in [0.29, 0.717) is 19.4 Å². The first kappa shape index (κ1) is 15.1. The third-order valence-corrected chi connectivity index (χ3v) is 4.31. The number of carboxylic acids is 1. The molecule has 0 radical (unpaired) electrons. The first-order valence-corrected chi connectivity index (χ1v) is 7.42. The predicted octanol–water partition coefficient (Wildman–Crippen LogP) is 1.59. The van der Waals surface area contributed by atoms with Gasteiger partial charge in [-0.05, 0) is 25.7 Å². The molecule has 1 atom stereocenters. The summed E-state index contributed by atoms with van der Waals surface area (Å²) in [4.78, 5) is 25.3. The van der Waals surface area contributed by atoms with E-state index in [4.69, 9.17) is 4.74 Å². The molecular formula is C14H24N2O4. The summed E-state index contributed by atoms with van der Waals surface area (Å²) in [5.74, 6) is -0.920. The van der Waals surface area contributed by atoms with Crippen LogP contribution in [-0.2, 0) is 9.53 Å². The van der Waals surface area contributed by atoms with E-state index in [2.05, 4.69) is 5.32 Å². The lowest BCUT2D eigenvalue weighted by molar-refractivity contribution is -0.145. The fourth-order valence-electron chi connectivity index (χ4n) is 3.02. The molecule has 0 aromatic heterocycles. The number of urea groups is 1. The molecule has 1 heterocycles. The number of ether oxygens (including phenoxy) is 1. The molecule has 2 N–H and O–H groups in total. The van der Waals surface area contributed by atoms with Gasteiger partial charge in [-0.3, -0.25) is 0 Å². The summed E-state index contributed by atoms with van der Waals surface area (Å²) in [5.41, 5.74) is -1.08. The average Bonchev–Trinajstić information content (AvgIpc) is 2.92. The summed E-state index contributed by atoms with van der Waals surface area (Å²) < 4.78 is 5.50. The Morgan fingerprint density at radius 1 is 1.30 bits per heavy atom. The number of amides is 2. The number of carbonyl (C=O) groups is 2. The largest absolute Gasteiger partial charge is 0.480 e. The minimum Gasteiger partial charge on any atom is -0.480 e. The molecular weight excluding hydrogens is 260 g/mol. The van der Waals surface area contributed by atoms with Crippen molar-refractivity contribution < 1.29 is 19.4 Å². The highest BCUT2D eigenvalue weighted by Crippen LogP contribution is 2.28. The van der Waals surface area contributed by atoms with Gasteiger partial charge in [0, 0.05) is 20.2 Å². The molecule has 2 amide bonds. The maximum absolute atomic E-state index is 12.2. The Morgan fingerprint density at radius 3 is 2.55 bits per heavy atom. The smallest absolute Gasteiger partial charge is 0.329 e. The third-order valence-electron chi connectivity index (χ3n) is 4.31. The molecule has 1 unspecified atom stereocenters. The highest BCUT2D eigenvalue weighted by Gasteiger charge is 2.41. The second-order valence-corrected chi connectivity index (χ2v) is 5.89. The van der Waals surface area contributed by atoms with Crippen molar-refractivity contribution in [1.82, 2.24) is 10.2 Å². The first-order valence-electron chi connectivity index (χ1n) is 7.42. The number of rotatable bonds is 4. The van der Waals surface area contributed by atoms with Crippen molar-refractivity contribution in [2.24, 2.45) is 0 Å². The van der Waals surface area contributed by atoms with E-state index in [1.807, 2.05) is 0 Å². The maximum Gasteiger partial charge on any atom is 0.329 e. The van der Waals surface area contributed by atoms with Gasteiger partial charge in [0.15, 0.2) is 0 Å². The molecule has 6 nitrogen and oxygen atoms in total. The van der Waals surface area contributed by atoms with Crippen molar-refractivity contribution in [3.8, 4) is 0 Å². The highest BCUT2D eigenvalue weighted by molar-refractivity contribution is 5.86. The lowest BCUT2D eigenvalue weighted by atomic mass is 9.82. The predicted molar refractivity (Wildman–Crippen MR) is 73.6 cm³/mol. The minimum atomic E-state index is -1.08. The van der Waals surface area contributed by atoms with E-state index >= 15 is 0 Å². The fourth-order valence-corrected chi connectivity index (χ4v) is 3.02. The maximum atomic E-state index is 12.2. The second-order valence-electron chi connectivity index (χ2n) is 5.89. The fraction of sp³-hybridized carbons (Fsp3) is 0.857. The van der Waals surface area contributed by atoms with Crippen molar-refractivity contribution in [2.45, 2.75) is 56.6 Å². The van der Waals surface area contributed by atoms with Crippen LogP contribution in [0.25, 0.3) is 0 Å². The van der Waals surface area contributed by atoms with Gasteiger partial charge in [0.1, 0.15) is 5.54 Å². The molecule has 0 spiro atoms. The lowest BCUT2D eigenvalue weighted by Crippen LogP contribution is -2.58. The molecule has 0 aromatic rings. The van der Waals surface area contributed by atoms with Crippen LogP contribution < -0.4 is 5.32 Å². The van der Waals surface area contributed by atoms with E-state index < -0.39 is 11.5 Å².